The van der Waals surface area contributed by atoms with Gasteiger partial charge in [0.1, 0.15) is 10.8 Å². The van der Waals surface area contributed by atoms with Crippen LogP contribution in [-0.4, -0.2) is 49.5 Å². The fourth-order valence-electron chi connectivity index (χ4n) is 3.64. The first-order valence-electron chi connectivity index (χ1n) is 9.44. The number of hydrogen-bond acceptors (Lipinski definition) is 5. The fraction of sp³-hybridized carbons (Fsp3) is 0.684. The number of aromatic nitrogens is 1. The van der Waals surface area contributed by atoms with E-state index in [0.29, 0.717) is 5.92 Å². The van der Waals surface area contributed by atoms with E-state index >= 15 is 0 Å². The summed E-state index contributed by atoms with van der Waals surface area (Å²) in [6.45, 7) is 8.10. The van der Waals surface area contributed by atoms with E-state index in [4.69, 9.17) is 9.72 Å². The summed E-state index contributed by atoms with van der Waals surface area (Å²) >= 11 is 1.65. The second-order valence-electron chi connectivity index (χ2n) is 6.87. The van der Waals surface area contributed by atoms with Gasteiger partial charge >= 0.3 is 0 Å². The van der Waals surface area contributed by atoms with Crippen molar-refractivity contribution in [3.8, 4) is 0 Å². The number of hydrogen-bond donors (Lipinski definition) is 1. The first-order valence-corrected chi connectivity index (χ1v) is 10.4. The van der Waals surface area contributed by atoms with Gasteiger partial charge in [0.15, 0.2) is 0 Å². The van der Waals surface area contributed by atoms with E-state index in [9.17, 15) is 4.79 Å². The molecular weight excluding hydrogens is 334 g/mol. The molecule has 1 saturated carbocycles. The third-order valence-corrected chi connectivity index (χ3v) is 5.90. The largest absolute Gasteiger partial charge is 0.378 e. The molecular formula is C19H29N3O2S. The lowest BCUT2D eigenvalue weighted by atomic mass is 10.1. The molecule has 1 aliphatic carbocycles. The van der Waals surface area contributed by atoms with Crippen LogP contribution in [0.1, 0.15) is 48.5 Å². The Bertz CT molecular complexity index is 597. The minimum atomic E-state index is 0.0291. The number of carbonyl (C=O) groups is 1. The molecule has 0 atom stereocenters. The Balaban J connectivity index is 1.77. The van der Waals surface area contributed by atoms with E-state index in [1.807, 2.05) is 6.92 Å². The summed E-state index contributed by atoms with van der Waals surface area (Å²) in [5, 5.41) is 4.01. The molecule has 1 aromatic heterocycles. The molecule has 1 N–H and O–H groups in total. The van der Waals surface area contributed by atoms with Crippen molar-refractivity contribution < 1.29 is 9.53 Å². The zero-order valence-electron chi connectivity index (χ0n) is 15.3. The van der Waals surface area contributed by atoms with Crippen LogP contribution < -0.4 is 10.2 Å². The third-order valence-electron chi connectivity index (χ3n) is 5.04. The van der Waals surface area contributed by atoms with Gasteiger partial charge in [-0.1, -0.05) is 19.8 Å². The Morgan fingerprint density at radius 2 is 2.08 bits per heavy atom. The zero-order valence-corrected chi connectivity index (χ0v) is 16.2. The summed E-state index contributed by atoms with van der Waals surface area (Å²) in [5.41, 5.74) is 1.76. The van der Waals surface area contributed by atoms with Crippen molar-refractivity contribution in [3.05, 3.63) is 17.2 Å². The Kier molecular flexibility index (Phi) is 6.59. The van der Waals surface area contributed by atoms with E-state index in [0.717, 1.165) is 60.6 Å². The number of morpholine rings is 1. The van der Waals surface area contributed by atoms with Gasteiger partial charge in [-0.05, 0) is 43.1 Å². The molecule has 0 aromatic carbocycles. The van der Waals surface area contributed by atoms with Crippen LogP contribution in [0.5, 0.6) is 0 Å². The van der Waals surface area contributed by atoms with Crippen LogP contribution in [0.2, 0.25) is 0 Å². The molecule has 1 aromatic rings. The van der Waals surface area contributed by atoms with E-state index in [-0.39, 0.29) is 5.91 Å². The third kappa shape index (κ3) is 4.67. The Labute approximate surface area is 154 Å². The van der Waals surface area contributed by atoms with Crippen molar-refractivity contribution in [2.75, 3.05) is 43.5 Å². The van der Waals surface area contributed by atoms with Gasteiger partial charge in [-0.25, -0.2) is 4.98 Å². The number of ether oxygens (including phenoxy) is 1. The minimum absolute atomic E-state index is 0.0291. The highest BCUT2D eigenvalue weighted by Crippen LogP contribution is 2.28. The van der Waals surface area contributed by atoms with Gasteiger partial charge in [-0.15, -0.1) is 11.8 Å². The quantitative estimate of drug-likeness (QED) is 0.786. The molecule has 0 radical (unpaired) electrons. The maximum absolute atomic E-state index is 12.8. The highest BCUT2D eigenvalue weighted by atomic mass is 32.2. The SMILES string of the molecule is CCSc1nc(N2CCOCC2)cc(C)c1C(=O)NCC1CCCC1. The van der Waals surface area contributed by atoms with Crippen molar-refractivity contribution in [2.45, 2.75) is 44.6 Å². The molecule has 138 valence electrons. The maximum atomic E-state index is 12.8. The van der Waals surface area contributed by atoms with Crippen molar-refractivity contribution in [1.29, 1.82) is 0 Å². The maximum Gasteiger partial charge on any atom is 0.254 e. The molecule has 2 fully saturated rings. The topological polar surface area (TPSA) is 54.5 Å². The minimum Gasteiger partial charge on any atom is -0.378 e. The lowest BCUT2D eigenvalue weighted by molar-refractivity contribution is 0.0943. The Morgan fingerprint density at radius 1 is 1.36 bits per heavy atom. The van der Waals surface area contributed by atoms with Crippen LogP contribution in [0, 0.1) is 12.8 Å². The average Bonchev–Trinajstić information content (AvgIpc) is 3.14. The van der Waals surface area contributed by atoms with Crippen LogP contribution >= 0.6 is 11.8 Å². The van der Waals surface area contributed by atoms with Crippen LogP contribution in [0.25, 0.3) is 0 Å². The second kappa shape index (κ2) is 8.90. The fourth-order valence-corrected chi connectivity index (χ4v) is 4.47. The summed E-state index contributed by atoms with van der Waals surface area (Å²) in [5.74, 6) is 2.54. The van der Waals surface area contributed by atoms with Crippen molar-refractivity contribution in [2.24, 2.45) is 5.92 Å². The number of nitrogens with zero attached hydrogens (tertiary/aromatic N) is 2. The second-order valence-corrected chi connectivity index (χ2v) is 8.12. The molecule has 0 bridgehead atoms. The summed E-state index contributed by atoms with van der Waals surface area (Å²) in [6, 6.07) is 2.05. The lowest BCUT2D eigenvalue weighted by Gasteiger charge is -2.29. The molecule has 5 nitrogen and oxygen atoms in total. The number of amides is 1. The first kappa shape index (κ1) is 18.5. The van der Waals surface area contributed by atoms with E-state index in [1.165, 1.54) is 25.7 Å². The average molecular weight is 364 g/mol. The van der Waals surface area contributed by atoms with Gasteiger partial charge in [0.05, 0.1) is 18.8 Å². The predicted molar refractivity (Wildman–Crippen MR) is 103 cm³/mol. The molecule has 0 unspecified atom stereocenters. The number of carbonyl (C=O) groups excluding carboxylic acids is 1. The van der Waals surface area contributed by atoms with E-state index in [2.05, 4.69) is 23.2 Å². The van der Waals surface area contributed by atoms with Crippen LogP contribution in [0.4, 0.5) is 5.82 Å². The van der Waals surface area contributed by atoms with Crippen LogP contribution in [0.3, 0.4) is 0 Å². The summed E-state index contributed by atoms with van der Waals surface area (Å²) in [7, 11) is 0. The highest BCUT2D eigenvalue weighted by molar-refractivity contribution is 7.99. The van der Waals surface area contributed by atoms with Gasteiger partial charge in [0.2, 0.25) is 0 Å². The number of nitrogens with one attached hydrogen (secondary N) is 1. The van der Waals surface area contributed by atoms with Gasteiger partial charge in [0, 0.05) is 19.6 Å². The normalized spacial score (nSPS) is 18.6. The number of pyridine rings is 1. The smallest absolute Gasteiger partial charge is 0.254 e. The standard InChI is InChI=1S/C19H29N3O2S/c1-3-25-19-17(18(23)20-13-15-6-4-5-7-15)14(2)12-16(21-19)22-8-10-24-11-9-22/h12,15H,3-11,13H2,1-2H3,(H,20,23). The predicted octanol–water partition coefficient (Wildman–Crippen LogP) is 3.26. The molecule has 1 amide bonds. The molecule has 2 heterocycles. The van der Waals surface area contributed by atoms with Gasteiger partial charge in [0.25, 0.3) is 5.91 Å². The molecule has 0 spiro atoms. The van der Waals surface area contributed by atoms with Crippen LogP contribution in [0.15, 0.2) is 11.1 Å². The van der Waals surface area contributed by atoms with Gasteiger partial charge in [-0.2, -0.15) is 0 Å². The van der Waals surface area contributed by atoms with E-state index in [1.54, 1.807) is 11.8 Å². The number of anilines is 1. The summed E-state index contributed by atoms with van der Waals surface area (Å²) < 4.78 is 5.43. The van der Waals surface area contributed by atoms with E-state index < -0.39 is 0 Å². The number of rotatable bonds is 6. The Morgan fingerprint density at radius 3 is 2.76 bits per heavy atom. The summed E-state index contributed by atoms with van der Waals surface area (Å²) in [6.07, 6.45) is 5.08. The highest BCUT2D eigenvalue weighted by Gasteiger charge is 2.22. The van der Waals surface area contributed by atoms with Crippen molar-refractivity contribution in [1.82, 2.24) is 10.3 Å². The molecule has 1 aliphatic heterocycles. The molecule has 25 heavy (non-hydrogen) atoms. The summed E-state index contributed by atoms with van der Waals surface area (Å²) in [4.78, 5) is 19.9. The number of aryl methyl sites for hydroxylation is 1. The van der Waals surface area contributed by atoms with Crippen LogP contribution in [-0.2, 0) is 4.74 Å². The molecule has 1 saturated heterocycles. The monoisotopic (exact) mass is 363 g/mol. The first-order chi connectivity index (χ1) is 12.2. The number of thioether (sulfide) groups is 1. The van der Waals surface area contributed by atoms with Gasteiger partial charge in [-0.3, -0.25) is 4.79 Å². The molecule has 2 aliphatic rings. The lowest BCUT2D eigenvalue weighted by Crippen LogP contribution is -2.37. The van der Waals surface area contributed by atoms with Gasteiger partial charge < -0.3 is 15.0 Å². The van der Waals surface area contributed by atoms with Crippen molar-refractivity contribution >= 4 is 23.5 Å². The Hall–Kier alpha value is -1.27. The molecule has 3 rings (SSSR count). The zero-order chi connectivity index (χ0) is 17.6. The van der Waals surface area contributed by atoms with Crippen molar-refractivity contribution in [3.63, 3.8) is 0 Å². The molecule has 6 heteroatoms.